The molecule has 1 aromatic heterocycles. The molecule has 33 heavy (non-hydrogen) atoms. The van der Waals surface area contributed by atoms with Crippen LogP contribution in [0.4, 0.5) is 11.7 Å². The minimum absolute atomic E-state index is 0.00248. The molecule has 3 aromatic carbocycles. The molecule has 0 spiro atoms. The second kappa shape index (κ2) is 9.18. The highest BCUT2D eigenvalue weighted by molar-refractivity contribution is 7.91. The van der Waals surface area contributed by atoms with Crippen molar-refractivity contribution in [2.45, 2.75) is 11.8 Å². The molecule has 0 unspecified atom stereocenters. The van der Waals surface area contributed by atoms with Crippen molar-refractivity contribution >= 4 is 21.5 Å². The quantitative estimate of drug-likeness (QED) is 0.393. The molecule has 166 valence electrons. The normalized spacial score (nSPS) is 11.1. The molecular formula is C25H21N3O4S. The van der Waals surface area contributed by atoms with Crippen LogP contribution in [0, 0.1) is 11.3 Å². The molecule has 7 nitrogen and oxygen atoms in total. The van der Waals surface area contributed by atoms with E-state index >= 15 is 0 Å². The Balaban J connectivity index is 1.62. The Bertz CT molecular complexity index is 1440. The molecule has 0 amide bonds. The maximum Gasteiger partial charge on any atom is 0.299 e. The number of oxazole rings is 1. The first kappa shape index (κ1) is 22.1. The minimum atomic E-state index is -3.38. The number of sulfone groups is 1. The van der Waals surface area contributed by atoms with Crippen LogP contribution in [0.5, 0.6) is 5.75 Å². The fourth-order valence-electron chi connectivity index (χ4n) is 3.31. The lowest BCUT2D eigenvalue weighted by atomic mass is 10.0. The van der Waals surface area contributed by atoms with Crippen molar-refractivity contribution in [3.05, 3.63) is 78.5 Å². The van der Waals surface area contributed by atoms with Gasteiger partial charge in [-0.1, -0.05) is 37.3 Å². The lowest BCUT2D eigenvalue weighted by Gasteiger charge is -2.11. The second-order valence-electron chi connectivity index (χ2n) is 7.19. The molecule has 1 heterocycles. The van der Waals surface area contributed by atoms with E-state index < -0.39 is 9.84 Å². The molecule has 0 aliphatic heterocycles. The molecular weight excluding hydrogens is 438 g/mol. The van der Waals surface area contributed by atoms with Gasteiger partial charge < -0.3 is 14.5 Å². The van der Waals surface area contributed by atoms with Gasteiger partial charge in [0.2, 0.25) is 0 Å². The molecule has 0 aliphatic rings. The number of nitrogens with one attached hydrogen (secondary N) is 1. The zero-order valence-corrected chi connectivity index (χ0v) is 18.9. The first-order valence-corrected chi connectivity index (χ1v) is 11.8. The van der Waals surface area contributed by atoms with Crippen molar-refractivity contribution in [1.82, 2.24) is 4.98 Å². The molecule has 4 rings (SSSR count). The number of ether oxygens (including phenoxy) is 1. The Labute approximate surface area is 192 Å². The van der Waals surface area contributed by atoms with Crippen LogP contribution in [0.15, 0.2) is 82.2 Å². The summed E-state index contributed by atoms with van der Waals surface area (Å²) in [5.41, 5.74) is 3.82. The van der Waals surface area contributed by atoms with E-state index in [0.29, 0.717) is 22.8 Å². The smallest absolute Gasteiger partial charge is 0.299 e. The van der Waals surface area contributed by atoms with Crippen molar-refractivity contribution < 1.29 is 17.6 Å². The zero-order valence-electron chi connectivity index (χ0n) is 18.1. The molecule has 0 fully saturated rings. The molecule has 1 N–H and O–H groups in total. The van der Waals surface area contributed by atoms with Crippen LogP contribution in [-0.2, 0) is 9.84 Å². The highest BCUT2D eigenvalue weighted by Gasteiger charge is 2.16. The van der Waals surface area contributed by atoms with Crippen LogP contribution in [-0.4, -0.2) is 26.3 Å². The summed E-state index contributed by atoms with van der Waals surface area (Å²) in [4.78, 5) is 4.47. The summed E-state index contributed by atoms with van der Waals surface area (Å²) in [6.07, 6.45) is 1.60. The van der Waals surface area contributed by atoms with Gasteiger partial charge >= 0.3 is 0 Å². The van der Waals surface area contributed by atoms with Gasteiger partial charge in [0.1, 0.15) is 5.75 Å². The first-order valence-electron chi connectivity index (χ1n) is 10.2. The Morgan fingerprint density at radius 3 is 2.48 bits per heavy atom. The fourth-order valence-corrected chi connectivity index (χ4v) is 4.22. The average Bonchev–Trinajstić information content (AvgIpc) is 3.32. The van der Waals surface area contributed by atoms with Gasteiger partial charge in [0.05, 0.1) is 41.3 Å². The lowest BCUT2D eigenvalue weighted by Crippen LogP contribution is -2.05. The molecule has 0 aliphatic carbocycles. The number of nitriles is 1. The number of aromatic nitrogens is 1. The molecule has 0 atom stereocenters. The zero-order chi connectivity index (χ0) is 23.4. The third-order valence-electron chi connectivity index (χ3n) is 5.15. The lowest BCUT2D eigenvalue weighted by molar-refractivity contribution is 0.416. The summed E-state index contributed by atoms with van der Waals surface area (Å²) in [6.45, 7) is 1.60. The van der Waals surface area contributed by atoms with Gasteiger partial charge in [0, 0.05) is 5.56 Å². The van der Waals surface area contributed by atoms with Gasteiger partial charge in [-0.25, -0.2) is 13.4 Å². The van der Waals surface area contributed by atoms with E-state index in [4.69, 9.17) is 14.4 Å². The van der Waals surface area contributed by atoms with Gasteiger partial charge in [-0.15, -0.1) is 0 Å². The van der Waals surface area contributed by atoms with Crippen LogP contribution in [0.25, 0.3) is 22.5 Å². The van der Waals surface area contributed by atoms with E-state index in [0.717, 1.165) is 16.7 Å². The Morgan fingerprint density at radius 2 is 1.79 bits per heavy atom. The predicted octanol–water partition coefficient (Wildman–Crippen LogP) is 5.43. The van der Waals surface area contributed by atoms with Crippen LogP contribution >= 0.6 is 0 Å². The van der Waals surface area contributed by atoms with Gasteiger partial charge in [-0.2, -0.15) is 5.26 Å². The Hall–Kier alpha value is -4.09. The van der Waals surface area contributed by atoms with Crippen LogP contribution in [0.3, 0.4) is 0 Å². The molecule has 0 bridgehead atoms. The van der Waals surface area contributed by atoms with E-state index in [-0.39, 0.29) is 16.7 Å². The molecule has 0 saturated heterocycles. The average molecular weight is 460 g/mol. The summed E-state index contributed by atoms with van der Waals surface area (Å²) in [7, 11) is -1.87. The predicted molar refractivity (Wildman–Crippen MR) is 126 cm³/mol. The van der Waals surface area contributed by atoms with Crippen molar-refractivity contribution in [2.75, 3.05) is 18.2 Å². The standard InChI is InChI=1S/C25H21N3O4S/c1-3-33(29,30)21-11-12-23(31-2)22(14-21)28-25-27-16-24(32-25)20-6-4-5-19(13-20)18-9-7-17(15-26)8-10-18/h4-14,16H,3H2,1-2H3,(H,27,28). The van der Waals surface area contributed by atoms with Crippen molar-refractivity contribution in [2.24, 2.45) is 0 Å². The summed E-state index contributed by atoms with van der Waals surface area (Å²) < 4.78 is 35.7. The Kier molecular flexibility index (Phi) is 6.16. The van der Waals surface area contributed by atoms with Crippen LogP contribution < -0.4 is 10.1 Å². The van der Waals surface area contributed by atoms with Gasteiger partial charge in [0.15, 0.2) is 15.6 Å². The van der Waals surface area contributed by atoms with Crippen molar-refractivity contribution in [3.63, 3.8) is 0 Å². The number of anilines is 2. The van der Waals surface area contributed by atoms with Crippen LogP contribution in [0.2, 0.25) is 0 Å². The maximum absolute atomic E-state index is 12.3. The van der Waals surface area contributed by atoms with Crippen molar-refractivity contribution in [3.8, 4) is 34.3 Å². The third kappa shape index (κ3) is 4.73. The topological polar surface area (TPSA) is 105 Å². The molecule has 8 heteroatoms. The van der Waals surface area contributed by atoms with Gasteiger partial charge in [-0.3, -0.25) is 0 Å². The monoisotopic (exact) mass is 459 g/mol. The van der Waals surface area contributed by atoms with E-state index in [1.54, 1.807) is 31.3 Å². The number of methoxy groups -OCH3 is 1. The number of hydrogen-bond acceptors (Lipinski definition) is 7. The van der Waals surface area contributed by atoms with E-state index in [1.165, 1.54) is 19.2 Å². The minimum Gasteiger partial charge on any atom is -0.495 e. The number of nitrogens with zero attached hydrogens (tertiary/aromatic N) is 2. The number of benzene rings is 3. The van der Waals surface area contributed by atoms with Gasteiger partial charge in [0.25, 0.3) is 6.01 Å². The van der Waals surface area contributed by atoms with E-state index in [9.17, 15) is 8.42 Å². The van der Waals surface area contributed by atoms with Gasteiger partial charge in [-0.05, 0) is 47.5 Å². The number of hydrogen-bond donors (Lipinski definition) is 1. The largest absolute Gasteiger partial charge is 0.495 e. The highest BCUT2D eigenvalue weighted by Crippen LogP contribution is 2.33. The molecule has 4 aromatic rings. The summed E-state index contributed by atoms with van der Waals surface area (Å²) in [6, 6.07) is 22.1. The molecule has 0 saturated carbocycles. The molecule has 0 radical (unpaired) electrons. The number of rotatable bonds is 7. The second-order valence-corrected chi connectivity index (χ2v) is 9.47. The first-order chi connectivity index (χ1) is 15.9. The third-order valence-corrected chi connectivity index (χ3v) is 6.88. The maximum atomic E-state index is 12.3. The SMILES string of the molecule is CCS(=O)(=O)c1ccc(OC)c(Nc2ncc(-c3cccc(-c4ccc(C#N)cc4)c3)o2)c1. The van der Waals surface area contributed by atoms with E-state index in [2.05, 4.69) is 16.4 Å². The Morgan fingerprint density at radius 1 is 1.03 bits per heavy atom. The van der Waals surface area contributed by atoms with E-state index in [1.807, 2.05) is 36.4 Å². The van der Waals surface area contributed by atoms with Crippen molar-refractivity contribution in [1.29, 1.82) is 5.26 Å². The highest BCUT2D eigenvalue weighted by atomic mass is 32.2. The van der Waals surface area contributed by atoms with Crippen LogP contribution in [0.1, 0.15) is 12.5 Å². The summed E-state index contributed by atoms with van der Waals surface area (Å²) in [5.74, 6) is 1.01. The fraction of sp³-hybridized carbons (Fsp3) is 0.120. The summed E-state index contributed by atoms with van der Waals surface area (Å²) >= 11 is 0. The summed E-state index contributed by atoms with van der Waals surface area (Å²) in [5, 5.41) is 12.0.